The second kappa shape index (κ2) is 9.62. The van der Waals surface area contributed by atoms with Gasteiger partial charge in [0.05, 0.1) is 31.5 Å². The van der Waals surface area contributed by atoms with E-state index in [-0.39, 0.29) is 31.5 Å². The Bertz CT molecular complexity index is 719. The fourth-order valence-electron chi connectivity index (χ4n) is 2.09. The quantitative estimate of drug-likeness (QED) is 0.586. The Morgan fingerprint density at radius 2 is 2.08 bits per heavy atom. The van der Waals surface area contributed by atoms with Crippen LogP contribution in [0, 0.1) is 0 Å². The number of nitrogens with one attached hydrogen (secondary N) is 1. The number of rotatable bonds is 7. The molecule has 6 nitrogen and oxygen atoms in total. The van der Waals surface area contributed by atoms with Crippen LogP contribution in [0.15, 0.2) is 50.0 Å². The Labute approximate surface area is 162 Å². The maximum atomic E-state index is 12.6. The number of furan rings is 1. The molecule has 134 valence electrons. The molecule has 0 fully saturated rings. The van der Waals surface area contributed by atoms with Crippen LogP contribution in [0.1, 0.15) is 19.1 Å². The molecule has 2 amide bonds. The van der Waals surface area contributed by atoms with E-state index in [1.54, 1.807) is 31.4 Å². The Morgan fingerprint density at radius 3 is 2.72 bits per heavy atom. The fourth-order valence-corrected chi connectivity index (χ4v) is 3.23. The van der Waals surface area contributed by atoms with Gasteiger partial charge < -0.3 is 19.4 Å². The summed E-state index contributed by atoms with van der Waals surface area (Å²) in [7, 11) is 0. The largest absolute Gasteiger partial charge is 0.467 e. The summed E-state index contributed by atoms with van der Waals surface area (Å²) in [6, 6.07) is 8.65. The molecule has 25 heavy (non-hydrogen) atoms. The number of carbonyl (C=O) groups is 2. The summed E-state index contributed by atoms with van der Waals surface area (Å²) >= 11 is 6.78. The van der Waals surface area contributed by atoms with Gasteiger partial charge in [0.1, 0.15) is 5.76 Å². The highest BCUT2D eigenvalue weighted by atomic mass is 79.9. The predicted octanol–water partition coefficient (Wildman–Crippen LogP) is 4.79. The van der Waals surface area contributed by atoms with E-state index >= 15 is 0 Å². The maximum absolute atomic E-state index is 12.6. The van der Waals surface area contributed by atoms with Gasteiger partial charge in [-0.2, -0.15) is 0 Å². The van der Waals surface area contributed by atoms with Gasteiger partial charge in [0, 0.05) is 15.5 Å². The van der Waals surface area contributed by atoms with Crippen LogP contribution in [0.3, 0.4) is 0 Å². The number of hydrogen-bond acceptors (Lipinski definition) is 4. The number of urea groups is 1. The predicted molar refractivity (Wildman–Crippen MR) is 101 cm³/mol. The molecule has 0 unspecified atom stereocenters. The molecule has 2 rings (SSSR count). The van der Waals surface area contributed by atoms with Crippen molar-refractivity contribution in [2.45, 2.75) is 19.9 Å². The molecular weight excluding hydrogens is 456 g/mol. The number of amides is 2. The van der Waals surface area contributed by atoms with E-state index in [1.807, 2.05) is 12.1 Å². The Morgan fingerprint density at radius 1 is 1.28 bits per heavy atom. The topological polar surface area (TPSA) is 71.8 Å². The molecule has 0 saturated carbocycles. The molecule has 0 saturated heterocycles. The van der Waals surface area contributed by atoms with Crippen LogP contribution in [0.4, 0.5) is 10.5 Å². The molecular formula is C17H18Br2N2O4. The molecule has 8 heteroatoms. The highest BCUT2D eigenvalue weighted by Crippen LogP contribution is 2.26. The van der Waals surface area contributed by atoms with Gasteiger partial charge in [0.2, 0.25) is 0 Å². The van der Waals surface area contributed by atoms with Gasteiger partial charge in [-0.3, -0.25) is 4.79 Å². The van der Waals surface area contributed by atoms with Crippen LogP contribution >= 0.6 is 31.9 Å². The molecule has 0 atom stereocenters. The number of benzene rings is 1. The average Bonchev–Trinajstić information content (AvgIpc) is 3.07. The number of nitrogens with zero attached hydrogens (tertiary/aromatic N) is 1. The summed E-state index contributed by atoms with van der Waals surface area (Å²) in [5.74, 6) is 0.290. The van der Waals surface area contributed by atoms with Crippen molar-refractivity contribution in [1.82, 2.24) is 4.90 Å². The van der Waals surface area contributed by atoms with Crippen molar-refractivity contribution in [2.24, 2.45) is 0 Å². The summed E-state index contributed by atoms with van der Waals surface area (Å²) in [6.07, 6.45) is 1.66. The lowest BCUT2D eigenvalue weighted by molar-refractivity contribution is -0.143. The molecule has 2 aromatic rings. The highest BCUT2D eigenvalue weighted by Gasteiger charge is 2.18. The molecule has 1 aromatic carbocycles. The van der Waals surface area contributed by atoms with E-state index in [2.05, 4.69) is 37.2 Å². The molecule has 0 aliphatic heterocycles. The number of hydrogen-bond donors (Lipinski definition) is 1. The van der Waals surface area contributed by atoms with Crippen LogP contribution in [0.25, 0.3) is 0 Å². The van der Waals surface area contributed by atoms with E-state index in [0.717, 1.165) is 8.95 Å². The molecule has 0 spiro atoms. The maximum Gasteiger partial charge on any atom is 0.322 e. The second-order valence-corrected chi connectivity index (χ2v) is 6.88. The first-order valence-corrected chi connectivity index (χ1v) is 9.27. The van der Waals surface area contributed by atoms with Gasteiger partial charge >= 0.3 is 12.0 Å². The van der Waals surface area contributed by atoms with E-state index in [4.69, 9.17) is 9.15 Å². The van der Waals surface area contributed by atoms with Crippen molar-refractivity contribution in [3.63, 3.8) is 0 Å². The van der Waals surface area contributed by atoms with Crippen molar-refractivity contribution >= 4 is 49.5 Å². The zero-order valence-corrected chi connectivity index (χ0v) is 16.8. The first kappa shape index (κ1) is 19.5. The minimum atomic E-state index is -0.343. The summed E-state index contributed by atoms with van der Waals surface area (Å²) in [5, 5.41) is 2.83. The van der Waals surface area contributed by atoms with Crippen LogP contribution in [-0.2, 0) is 16.1 Å². The molecule has 1 aromatic heterocycles. The molecule has 0 bridgehead atoms. The number of ether oxygens (including phenoxy) is 1. The van der Waals surface area contributed by atoms with Gasteiger partial charge in [0.25, 0.3) is 0 Å². The average molecular weight is 474 g/mol. The smallest absolute Gasteiger partial charge is 0.322 e. The zero-order valence-electron chi connectivity index (χ0n) is 13.6. The van der Waals surface area contributed by atoms with Crippen LogP contribution in [0.5, 0.6) is 0 Å². The van der Waals surface area contributed by atoms with Crippen molar-refractivity contribution in [3.8, 4) is 0 Å². The van der Waals surface area contributed by atoms with E-state index < -0.39 is 0 Å². The van der Waals surface area contributed by atoms with Crippen molar-refractivity contribution in [2.75, 3.05) is 18.5 Å². The molecule has 1 heterocycles. The number of carbonyl (C=O) groups excluding carboxylic acids is 2. The van der Waals surface area contributed by atoms with Gasteiger partial charge in [-0.05, 0) is 53.2 Å². The van der Waals surface area contributed by atoms with Gasteiger partial charge in [-0.15, -0.1) is 0 Å². The molecule has 0 aliphatic carbocycles. The Hall–Kier alpha value is -1.80. The zero-order chi connectivity index (χ0) is 18.2. The summed E-state index contributed by atoms with van der Waals surface area (Å²) in [6.45, 7) is 2.54. The molecule has 0 radical (unpaired) electrons. The standard InChI is InChI=1S/C17H18Br2N2O4/c1-2-24-16(22)7-8-21(11-13-4-3-9-25-13)17(23)20-15-6-5-12(18)10-14(15)19/h3-6,9-10H,2,7-8,11H2,1H3,(H,20,23). The molecule has 0 aliphatic rings. The summed E-state index contributed by atoms with van der Waals surface area (Å²) in [5.41, 5.74) is 0.633. The van der Waals surface area contributed by atoms with E-state index in [1.165, 1.54) is 4.90 Å². The number of anilines is 1. The normalized spacial score (nSPS) is 10.4. The Balaban J connectivity index is 2.06. The van der Waals surface area contributed by atoms with E-state index in [0.29, 0.717) is 18.1 Å². The van der Waals surface area contributed by atoms with E-state index in [9.17, 15) is 9.59 Å². The lowest BCUT2D eigenvalue weighted by Crippen LogP contribution is -2.36. The van der Waals surface area contributed by atoms with Gasteiger partial charge in [-0.25, -0.2) is 4.79 Å². The van der Waals surface area contributed by atoms with Crippen LogP contribution in [0.2, 0.25) is 0 Å². The third-order valence-corrected chi connectivity index (χ3v) is 4.43. The first-order chi connectivity index (χ1) is 12.0. The van der Waals surface area contributed by atoms with Crippen molar-refractivity contribution < 1.29 is 18.7 Å². The minimum absolute atomic E-state index is 0.115. The van der Waals surface area contributed by atoms with Crippen LogP contribution < -0.4 is 5.32 Å². The lowest BCUT2D eigenvalue weighted by Gasteiger charge is -2.22. The highest BCUT2D eigenvalue weighted by molar-refractivity contribution is 9.11. The number of esters is 1. The lowest BCUT2D eigenvalue weighted by atomic mass is 10.3. The fraction of sp³-hybridized carbons (Fsp3) is 0.294. The SMILES string of the molecule is CCOC(=O)CCN(Cc1ccco1)C(=O)Nc1ccc(Br)cc1Br. The van der Waals surface area contributed by atoms with Crippen LogP contribution in [-0.4, -0.2) is 30.1 Å². The third kappa shape index (κ3) is 6.21. The molecule has 1 N–H and O–H groups in total. The second-order valence-electron chi connectivity index (χ2n) is 5.11. The Kier molecular flexibility index (Phi) is 7.52. The van der Waals surface area contributed by atoms with Gasteiger partial charge in [0.15, 0.2) is 0 Å². The van der Waals surface area contributed by atoms with Crippen molar-refractivity contribution in [1.29, 1.82) is 0 Å². The monoisotopic (exact) mass is 472 g/mol. The summed E-state index contributed by atoms with van der Waals surface area (Å²) in [4.78, 5) is 25.7. The first-order valence-electron chi connectivity index (χ1n) is 7.68. The summed E-state index contributed by atoms with van der Waals surface area (Å²) < 4.78 is 11.9. The van der Waals surface area contributed by atoms with Gasteiger partial charge in [-0.1, -0.05) is 15.9 Å². The van der Waals surface area contributed by atoms with Crippen molar-refractivity contribution in [3.05, 3.63) is 51.3 Å². The minimum Gasteiger partial charge on any atom is -0.467 e. The third-order valence-electron chi connectivity index (χ3n) is 3.28. The number of halogens is 2.